The van der Waals surface area contributed by atoms with Gasteiger partial charge in [-0.1, -0.05) is 19.1 Å². The molecule has 2 aliphatic rings. The maximum absolute atomic E-state index is 12.7. The van der Waals surface area contributed by atoms with E-state index in [1.807, 2.05) is 17.0 Å². The lowest BCUT2D eigenvalue weighted by molar-refractivity contribution is 0.0342. The summed E-state index contributed by atoms with van der Waals surface area (Å²) in [5, 5.41) is 0. The van der Waals surface area contributed by atoms with E-state index in [-0.39, 0.29) is 30.7 Å². The average Bonchev–Trinajstić information content (AvgIpc) is 2.68. The van der Waals surface area contributed by atoms with Crippen LogP contribution in [-0.4, -0.2) is 79.1 Å². The molecule has 3 rings (SSSR count). The van der Waals surface area contributed by atoms with E-state index >= 15 is 0 Å². The zero-order valence-corrected chi connectivity index (χ0v) is 18.1. The van der Waals surface area contributed by atoms with Crippen molar-refractivity contribution in [2.24, 2.45) is 0 Å². The fraction of sp³-hybridized carbons (Fsp3) is 0.650. The summed E-state index contributed by atoms with van der Waals surface area (Å²) < 4.78 is 5.39. The second kappa shape index (κ2) is 11.9. The molecule has 0 aliphatic carbocycles. The first-order chi connectivity index (χ1) is 12.2. The van der Waals surface area contributed by atoms with Gasteiger partial charge in [0.15, 0.2) is 0 Å². The molecule has 0 aromatic heterocycles. The Hall–Kier alpha value is -0.850. The van der Waals surface area contributed by atoms with Crippen molar-refractivity contribution in [1.82, 2.24) is 14.7 Å². The van der Waals surface area contributed by atoms with Crippen molar-refractivity contribution in [1.29, 1.82) is 0 Å². The molecule has 0 N–H and O–H groups in total. The third-order valence-electron chi connectivity index (χ3n) is 5.53. The number of carbonyl (C=O) groups is 1. The molecule has 0 radical (unpaired) electrons. The van der Waals surface area contributed by atoms with E-state index in [0.717, 1.165) is 64.6 Å². The highest BCUT2D eigenvalue weighted by molar-refractivity contribution is 5.94. The van der Waals surface area contributed by atoms with Crippen molar-refractivity contribution < 1.29 is 9.53 Å². The minimum Gasteiger partial charge on any atom is -0.379 e. The first-order valence-corrected chi connectivity index (χ1v) is 9.59. The molecular formula is C20H33Cl2N3O2. The molecule has 0 spiro atoms. The number of hydrogen-bond donors (Lipinski definition) is 0. The van der Waals surface area contributed by atoms with Gasteiger partial charge in [-0.25, -0.2) is 0 Å². The Morgan fingerprint density at radius 1 is 1.00 bits per heavy atom. The third-order valence-corrected chi connectivity index (χ3v) is 5.53. The van der Waals surface area contributed by atoms with Crippen molar-refractivity contribution in [3.8, 4) is 0 Å². The normalized spacial score (nSPS) is 19.7. The number of carbonyl (C=O) groups excluding carboxylic acids is 1. The molecule has 2 saturated heterocycles. The number of nitrogens with zero attached hydrogens (tertiary/aromatic N) is 3. The van der Waals surface area contributed by atoms with Crippen molar-refractivity contribution >= 4 is 30.7 Å². The lowest BCUT2D eigenvalue weighted by atomic mass is 10.1. The van der Waals surface area contributed by atoms with Gasteiger partial charge in [0.1, 0.15) is 0 Å². The number of hydrogen-bond acceptors (Lipinski definition) is 4. The van der Waals surface area contributed by atoms with Crippen LogP contribution in [0.2, 0.25) is 0 Å². The second-order valence-corrected chi connectivity index (χ2v) is 7.17. The Balaban J connectivity index is 0.00000182. The topological polar surface area (TPSA) is 36.0 Å². The van der Waals surface area contributed by atoms with Gasteiger partial charge in [-0.05, 0) is 31.0 Å². The van der Waals surface area contributed by atoms with Gasteiger partial charge in [-0.3, -0.25) is 14.6 Å². The number of ether oxygens (including phenoxy) is 1. The van der Waals surface area contributed by atoms with Crippen LogP contribution >= 0.6 is 24.8 Å². The van der Waals surface area contributed by atoms with Gasteiger partial charge in [0, 0.05) is 57.4 Å². The van der Waals surface area contributed by atoms with E-state index in [9.17, 15) is 4.79 Å². The molecular weight excluding hydrogens is 385 g/mol. The van der Waals surface area contributed by atoms with Crippen LogP contribution in [0.1, 0.15) is 36.2 Å². The molecule has 2 heterocycles. The summed E-state index contributed by atoms with van der Waals surface area (Å²) >= 11 is 0. The standard InChI is InChI=1S/C20H31N3O2.2ClH/c1-3-17(2)22-8-10-23(11-9-22)20(24)19-6-4-18(5-7-19)16-21-12-14-25-15-13-21;;/h4-7,17H,3,8-16H2,1-2H3;2*1H. The Kier molecular flexibility index (Phi) is 10.6. The average molecular weight is 418 g/mol. The van der Waals surface area contributed by atoms with Gasteiger partial charge in [0.2, 0.25) is 0 Å². The lowest BCUT2D eigenvalue weighted by Gasteiger charge is -2.37. The zero-order valence-electron chi connectivity index (χ0n) is 16.4. The number of benzene rings is 1. The molecule has 5 nitrogen and oxygen atoms in total. The van der Waals surface area contributed by atoms with Crippen LogP contribution < -0.4 is 0 Å². The first kappa shape index (κ1) is 24.2. The Bertz CT molecular complexity index is 557. The summed E-state index contributed by atoms with van der Waals surface area (Å²) in [5.74, 6) is 0.168. The molecule has 27 heavy (non-hydrogen) atoms. The Morgan fingerprint density at radius 2 is 1.59 bits per heavy atom. The molecule has 1 amide bonds. The quantitative estimate of drug-likeness (QED) is 0.737. The molecule has 2 fully saturated rings. The molecule has 1 atom stereocenters. The minimum absolute atomic E-state index is 0. The fourth-order valence-corrected chi connectivity index (χ4v) is 3.58. The maximum Gasteiger partial charge on any atom is 0.253 e. The van der Waals surface area contributed by atoms with E-state index < -0.39 is 0 Å². The van der Waals surface area contributed by atoms with Gasteiger partial charge >= 0.3 is 0 Å². The number of morpholine rings is 1. The third kappa shape index (κ3) is 6.61. The van der Waals surface area contributed by atoms with Crippen LogP contribution in [0, 0.1) is 0 Å². The van der Waals surface area contributed by atoms with Crippen molar-refractivity contribution in [3.05, 3.63) is 35.4 Å². The highest BCUT2D eigenvalue weighted by atomic mass is 35.5. The van der Waals surface area contributed by atoms with Crippen LogP contribution in [0.5, 0.6) is 0 Å². The van der Waals surface area contributed by atoms with Crippen LogP contribution in [0.4, 0.5) is 0 Å². The van der Waals surface area contributed by atoms with Gasteiger partial charge in [0.25, 0.3) is 5.91 Å². The zero-order chi connectivity index (χ0) is 17.6. The number of piperazine rings is 1. The van der Waals surface area contributed by atoms with Crippen LogP contribution in [0.3, 0.4) is 0 Å². The lowest BCUT2D eigenvalue weighted by Crippen LogP contribution is -2.51. The summed E-state index contributed by atoms with van der Waals surface area (Å²) in [4.78, 5) is 19.6. The Morgan fingerprint density at radius 3 is 2.15 bits per heavy atom. The van der Waals surface area contributed by atoms with Crippen molar-refractivity contribution in [2.45, 2.75) is 32.9 Å². The molecule has 0 saturated carbocycles. The van der Waals surface area contributed by atoms with Crippen molar-refractivity contribution in [2.75, 3.05) is 52.5 Å². The highest BCUT2D eigenvalue weighted by Gasteiger charge is 2.24. The molecule has 2 aliphatic heterocycles. The van der Waals surface area contributed by atoms with Crippen LogP contribution in [0.25, 0.3) is 0 Å². The predicted octanol–water partition coefficient (Wildman–Crippen LogP) is 2.92. The maximum atomic E-state index is 12.7. The molecule has 1 aromatic rings. The van der Waals surface area contributed by atoms with Crippen molar-refractivity contribution in [3.63, 3.8) is 0 Å². The molecule has 7 heteroatoms. The minimum atomic E-state index is 0. The van der Waals surface area contributed by atoms with Gasteiger partial charge in [0.05, 0.1) is 13.2 Å². The fourth-order valence-electron chi connectivity index (χ4n) is 3.58. The SMILES string of the molecule is CCC(C)N1CCN(C(=O)c2ccc(CN3CCOCC3)cc2)CC1.Cl.Cl. The van der Waals surface area contributed by atoms with E-state index in [0.29, 0.717) is 6.04 Å². The first-order valence-electron chi connectivity index (χ1n) is 9.59. The van der Waals surface area contributed by atoms with Crippen LogP contribution in [0.15, 0.2) is 24.3 Å². The smallest absolute Gasteiger partial charge is 0.253 e. The Labute approximate surface area is 175 Å². The second-order valence-electron chi connectivity index (χ2n) is 7.17. The number of amides is 1. The summed E-state index contributed by atoms with van der Waals surface area (Å²) in [7, 11) is 0. The van der Waals surface area contributed by atoms with E-state index in [4.69, 9.17) is 4.74 Å². The summed E-state index contributed by atoms with van der Waals surface area (Å²) in [6.45, 7) is 12.7. The number of rotatable bonds is 5. The molecule has 1 aromatic carbocycles. The van der Waals surface area contributed by atoms with E-state index in [1.165, 1.54) is 12.0 Å². The summed E-state index contributed by atoms with van der Waals surface area (Å²) in [5.41, 5.74) is 2.07. The molecule has 0 bridgehead atoms. The molecule has 154 valence electrons. The largest absolute Gasteiger partial charge is 0.379 e. The highest BCUT2D eigenvalue weighted by Crippen LogP contribution is 2.14. The molecule has 1 unspecified atom stereocenters. The van der Waals surface area contributed by atoms with E-state index in [1.54, 1.807) is 0 Å². The van der Waals surface area contributed by atoms with Gasteiger partial charge < -0.3 is 9.64 Å². The van der Waals surface area contributed by atoms with E-state index in [2.05, 4.69) is 35.8 Å². The van der Waals surface area contributed by atoms with Gasteiger partial charge in [-0.15, -0.1) is 24.8 Å². The predicted molar refractivity (Wildman–Crippen MR) is 114 cm³/mol. The van der Waals surface area contributed by atoms with Gasteiger partial charge in [-0.2, -0.15) is 0 Å². The number of halogens is 2. The monoisotopic (exact) mass is 417 g/mol. The summed E-state index contributed by atoms with van der Waals surface area (Å²) in [6.07, 6.45) is 1.17. The van der Waals surface area contributed by atoms with Crippen LogP contribution in [-0.2, 0) is 11.3 Å². The summed E-state index contributed by atoms with van der Waals surface area (Å²) in [6, 6.07) is 8.77.